The van der Waals surface area contributed by atoms with Gasteiger partial charge in [-0.15, -0.1) is 0 Å². The van der Waals surface area contributed by atoms with E-state index in [-0.39, 0.29) is 5.69 Å². The van der Waals surface area contributed by atoms with E-state index < -0.39 is 35.4 Å². The van der Waals surface area contributed by atoms with Crippen LogP contribution >= 0.6 is 0 Å². The first-order valence-electron chi connectivity index (χ1n) is 8.82. The average Bonchev–Trinajstić information content (AvgIpc) is 2.66. The van der Waals surface area contributed by atoms with Gasteiger partial charge in [0, 0.05) is 5.69 Å². The predicted octanol–water partition coefficient (Wildman–Crippen LogP) is 4.47. The molecule has 0 saturated carbocycles. The highest BCUT2D eigenvalue weighted by Crippen LogP contribution is 2.33. The molecule has 0 radical (unpaired) electrons. The number of amides is 1. The van der Waals surface area contributed by atoms with Crippen molar-refractivity contribution >= 4 is 11.6 Å². The molecule has 0 aromatic heterocycles. The van der Waals surface area contributed by atoms with Gasteiger partial charge < -0.3 is 15.2 Å². The van der Waals surface area contributed by atoms with Crippen molar-refractivity contribution in [3.8, 4) is 11.8 Å². The van der Waals surface area contributed by atoms with Crippen LogP contribution in [0.25, 0.3) is 0 Å². The van der Waals surface area contributed by atoms with Crippen LogP contribution in [0.15, 0.2) is 42.5 Å². The van der Waals surface area contributed by atoms with E-state index in [1.54, 1.807) is 12.1 Å². The summed E-state index contributed by atoms with van der Waals surface area (Å²) in [6.07, 6.45) is -4.75. The summed E-state index contributed by atoms with van der Waals surface area (Å²) < 4.78 is 44.6. The number of aliphatic hydroxyl groups is 1. The second-order valence-electron chi connectivity index (χ2n) is 7.11. The Kier molecular flexibility index (Phi) is 6.55. The Labute approximate surface area is 166 Å². The maximum atomic E-state index is 13.0. The number of rotatable bonds is 6. The molecule has 154 valence electrons. The van der Waals surface area contributed by atoms with Gasteiger partial charge in [0.1, 0.15) is 12.4 Å². The highest BCUT2D eigenvalue weighted by atomic mass is 19.4. The third kappa shape index (κ3) is 5.72. The van der Waals surface area contributed by atoms with Crippen molar-refractivity contribution in [2.75, 3.05) is 11.9 Å². The summed E-state index contributed by atoms with van der Waals surface area (Å²) in [4.78, 5) is 12.3. The smallest absolute Gasteiger partial charge is 0.417 e. The largest absolute Gasteiger partial charge is 0.490 e. The van der Waals surface area contributed by atoms with E-state index in [0.29, 0.717) is 17.7 Å². The van der Waals surface area contributed by atoms with Gasteiger partial charge in [0.25, 0.3) is 5.91 Å². The molecule has 2 aromatic rings. The highest BCUT2D eigenvalue weighted by molar-refractivity contribution is 5.97. The lowest BCUT2D eigenvalue weighted by atomic mass is 10.0. The fourth-order valence-corrected chi connectivity index (χ4v) is 2.46. The first-order valence-corrected chi connectivity index (χ1v) is 8.82. The van der Waals surface area contributed by atoms with Crippen molar-refractivity contribution in [1.82, 2.24) is 0 Å². The Hall–Kier alpha value is -3.05. The van der Waals surface area contributed by atoms with Gasteiger partial charge in [0.05, 0.1) is 17.2 Å². The van der Waals surface area contributed by atoms with E-state index in [4.69, 9.17) is 10.00 Å². The molecule has 1 amide bonds. The summed E-state index contributed by atoms with van der Waals surface area (Å²) in [5.41, 5.74) is -2.82. The molecule has 0 fully saturated rings. The summed E-state index contributed by atoms with van der Waals surface area (Å²) in [7, 11) is 0. The van der Waals surface area contributed by atoms with Crippen LogP contribution in [0.5, 0.6) is 5.75 Å². The summed E-state index contributed by atoms with van der Waals surface area (Å²) in [6.45, 7) is 4.87. The number of benzene rings is 2. The minimum atomic E-state index is -4.75. The number of nitrogens with zero attached hydrogens (tertiary/aromatic N) is 1. The second kappa shape index (κ2) is 8.53. The van der Waals surface area contributed by atoms with Crippen LogP contribution in [-0.4, -0.2) is 23.2 Å². The van der Waals surface area contributed by atoms with Crippen LogP contribution in [0.3, 0.4) is 0 Å². The molecule has 1 atom stereocenters. The van der Waals surface area contributed by atoms with Gasteiger partial charge in [-0.25, -0.2) is 0 Å². The van der Waals surface area contributed by atoms with E-state index >= 15 is 0 Å². The molecule has 8 heteroatoms. The van der Waals surface area contributed by atoms with Gasteiger partial charge in [-0.3, -0.25) is 4.79 Å². The maximum Gasteiger partial charge on any atom is 0.417 e. The third-order valence-electron chi connectivity index (χ3n) is 4.26. The number of carbonyl (C=O) groups is 1. The number of alkyl halides is 3. The fourth-order valence-electron chi connectivity index (χ4n) is 2.46. The Morgan fingerprint density at radius 1 is 1.21 bits per heavy atom. The average molecular weight is 406 g/mol. The second-order valence-corrected chi connectivity index (χ2v) is 7.11. The summed E-state index contributed by atoms with van der Waals surface area (Å²) in [5, 5.41) is 21.4. The van der Waals surface area contributed by atoms with Crippen molar-refractivity contribution in [3.05, 3.63) is 59.2 Å². The molecule has 2 rings (SSSR count). The van der Waals surface area contributed by atoms with Crippen LogP contribution in [0, 0.1) is 11.3 Å². The molecule has 5 nitrogen and oxygen atoms in total. The number of nitrogens with one attached hydrogen (secondary N) is 1. The van der Waals surface area contributed by atoms with Crippen LogP contribution in [0.4, 0.5) is 18.9 Å². The number of anilines is 1. The van der Waals surface area contributed by atoms with Crippen LogP contribution in [0.1, 0.15) is 43.4 Å². The zero-order valence-electron chi connectivity index (χ0n) is 16.2. The van der Waals surface area contributed by atoms with Gasteiger partial charge >= 0.3 is 6.18 Å². The number of carbonyl (C=O) groups excluding carboxylic acids is 1. The Morgan fingerprint density at radius 2 is 1.83 bits per heavy atom. The maximum absolute atomic E-state index is 13.0. The molecular weight excluding hydrogens is 385 g/mol. The molecule has 2 N–H and O–H groups in total. The molecule has 0 saturated heterocycles. The van der Waals surface area contributed by atoms with Crippen LogP contribution < -0.4 is 10.1 Å². The van der Waals surface area contributed by atoms with Crippen molar-refractivity contribution in [2.24, 2.45) is 0 Å². The molecule has 0 bridgehead atoms. The summed E-state index contributed by atoms with van der Waals surface area (Å²) in [5.74, 6) is -0.152. The van der Waals surface area contributed by atoms with E-state index in [9.17, 15) is 23.1 Å². The summed E-state index contributed by atoms with van der Waals surface area (Å²) >= 11 is 0. The number of hydrogen-bond acceptors (Lipinski definition) is 4. The number of halogens is 3. The van der Waals surface area contributed by atoms with E-state index in [1.807, 2.05) is 26.0 Å². The predicted molar refractivity (Wildman–Crippen MR) is 101 cm³/mol. The molecule has 0 unspecified atom stereocenters. The number of ether oxygens (including phenoxy) is 1. The van der Waals surface area contributed by atoms with Crippen molar-refractivity contribution in [3.63, 3.8) is 0 Å². The monoisotopic (exact) mass is 406 g/mol. The highest BCUT2D eigenvalue weighted by Gasteiger charge is 2.35. The molecule has 29 heavy (non-hydrogen) atoms. The van der Waals surface area contributed by atoms with Crippen molar-refractivity contribution in [2.45, 2.75) is 38.5 Å². The Balaban J connectivity index is 2.08. The number of nitriles is 1. The van der Waals surface area contributed by atoms with Gasteiger partial charge in [-0.05, 0) is 48.7 Å². The van der Waals surface area contributed by atoms with Crippen molar-refractivity contribution < 1.29 is 27.8 Å². The zero-order chi connectivity index (χ0) is 21.8. The third-order valence-corrected chi connectivity index (χ3v) is 4.26. The van der Waals surface area contributed by atoms with E-state index in [2.05, 4.69) is 5.32 Å². The zero-order valence-corrected chi connectivity index (χ0v) is 16.2. The van der Waals surface area contributed by atoms with Gasteiger partial charge in [0.15, 0.2) is 5.60 Å². The molecule has 0 spiro atoms. The summed E-state index contributed by atoms with van der Waals surface area (Å²) in [6, 6.07) is 11.4. The topological polar surface area (TPSA) is 82.3 Å². The normalized spacial score (nSPS) is 13.5. The molecule has 0 aliphatic carbocycles. The molecule has 0 heterocycles. The number of hydrogen-bond donors (Lipinski definition) is 2. The first kappa shape index (κ1) is 22.2. The Morgan fingerprint density at radius 3 is 2.34 bits per heavy atom. The van der Waals surface area contributed by atoms with Crippen LogP contribution in [0.2, 0.25) is 0 Å². The van der Waals surface area contributed by atoms with Gasteiger partial charge in [-0.1, -0.05) is 26.0 Å². The Bertz CT molecular complexity index is 914. The lowest BCUT2D eigenvalue weighted by Gasteiger charge is -2.23. The van der Waals surface area contributed by atoms with Crippen molar-refractivity contribution in [1.29, 1.82) is 5.26 Å². The standard InChI is InChI=1S/C21H21F3N2O3/c1-13(2)14-5-8-17(9-6-14)29-12-20(3,28)19(27)26-16-7-4-15(11-25)18(10-16)21(22,23)24/h4-10,13,28H,12H2,1-3H3,(H,26,27)/t20-/m1/s1. The minimum Gasteiger partial charge on any atom is -0.490 e. The quantitative estimate of drug-likeness (QED) is 0.742. The lowest BCUT2D eigenvalue weighted by molar-refractivity contribution is -0.138. The van der Waals surface area contributed by atoms with Crippen LogP contribution in [-0.2, 0) is 11.0 Å². The SMILES string of the molecule is CC(C)c1ccc(OC[C@@](C)(O)C(=O)Nc2ccc(C#N)c(C(F)(F)F)c2)cc1. The molecule has 0 aliphatic rings. The molecular formula is C21H21F3N2O3. The fraction of sp³-hybridized carbons (Fsp3) is 0.333. The van der Waals surface area contributed by atoms with Gasteiger partial charge in [-0.2, -0.15) is 18.4 Å². The van der Waals surface area contributed by atoms with Gasteiger partial charge in [0.2, 0.25) is 0 Å². The molecule has 2 aromatic carbocycles. The minimum absolute atomic E-state index is 0.192. The molecule has 0 aliphatic heterocycles. The lowest BCUT2D eigenvalue weighted by Crippen LogP contribution is -2.45. The van der Waals surface area contributed by atoms with E-state index in [0.717, 1.165) is 17.7 Å². The first-order chi connectivity index (χ1) is 13.4. The van der Waals surface area contributed by atoms with E-state index in [1.165, 1.54) is 13.0 Å².